The van der Waals surface area contributed by atoms with Crippen molar-refractivity contribution in [3.05, 3.63) is 78.7 Å². The molecule has 5 nitrogen and oxygen atoms in total. The second kappa shape index (κ2) is 12.4. The van der Waals surface area contributed by atoms with Gasteiger partial charge in [-0.2, -0.15) is 0 Å². The summed E-state index contributed by atoms with van der Waals surface area (Å²) in [5.41, 5.74) is 5.74. The molecule has 0 aliphatic carbocycles. The maximum Gasteiger partial charge on any atom is 0.366 e. The SMILES string of the molecule is [CH2+]C(CSSCC([NH3+])C(=O)OCc1ccccc1)C(=O)OCc1ccccc1. The normalized spacial score (nSPS) is 12.8. The molecule has 0 amide bonds. The summed E-state index contributed by atoms with van der Waals surface area (Å²) in [4.78, 5) is 24.0. The van der Waals surface area contributed by atoms with Crippen LogP contribution in [0.1, 0.15) is 11.1 Å². The Hall–Kier alpha value is -2.09. The molecular formula is C21H25NO4S2+2. The average molecular weight is 420 g/mol. The topological polar surface area (TPSA) is 80.2 Å². The van der Waals surface area contributed by atoms with Gasteiger partial charge in [0, 0.05) is 0 Å². The Bertz CT molecular complexity index is 664. The van der Waals surface area contributed by atoms with Gasteiger partial charge in [-0.05, 0) is 11.1 Å². The first-order valence-electron chi connectivity index (χ1n) is 8.88. The number of benzene rings is 2. The Balaban J connectivity index is 1.57. The molecule has 2 aromatic carbocycles. The number of carbonyl (C=O) groups excluding carboxylic acids is 2. The zero-order valence-electron chi connectivity index (χ0n) is 15.6. The van der Waals surface area contributed by atoms with Crippen molar-refractivity contribution in [2.24, 2.45) is 5.92 Å². The molecule has 0 aliphatic rings. The van der Waals surface area contributed by atoms with Crippen LogP contribution in [-0.2, 0) is 32.3 Å². The number of hydrogen-bond acceptors (Lipinski definition) is 6. The van der Waals surface area contributed by atoms with Crippen LogP contribution in [0.25, 0.3) is 0 Å². The van der Waals surface area contributed by atoms with Crippen molar-refractivity contribution in [3.8, 4) is 0 Å². The van der Waals surface area contributed by atoms with Crippen LogP contribution in [0.15, 0.2) is 60.7 Å². The Morgan fingerprint density at radius 3 is 1.82 bits per heavy atom. The van der Waals surface area contributed by atoms with Crippen molar-refractivity contribution in [2.75, 3.05) is 11.5 Å². The summed E-state index contributed by atoms with van der Waals surface area (Å²) in [6.07, 6.45) is 0. The van der Waals surface area contributed by atoms with Crippen LogP contribution < -0.4 is 5.73 Å². The van der Waals surface area contributed by atoms with Gasteiger partial charge < -0.3 is 15.2 Å². The van der Waals surface area contributed by atoms with Crippen molar-refractivity contribution < 1.29 is 24.8 Å². The monoisotopic (exact) mass is 419 g/mol. The van der Waals surface area contributed by atoms with Crippen LogP contribution in [0.2, 0.25) is 0 Å². The van der Waals surface area contributed by atoms with Gasteiger partial charge in [-0.3, -0.25) is 0 Å². The second-order valence-corrected chi connectivity index (χ2v) is 8.70. The van der Waals surface area contributed by atoms with E-state index in [0.717, 1.165) is 11.1 Å². The predicted molar refractivity (Wildman–Crippen MR) is 113 cm³/mol. The molecule has 0 radical (unpaired) electrons. The minimum atomic E-state index is -0.463. The molecule has 0 aromatic heterocycles. The van der Waals surface area contributed by atoms with E-state index in [-0.39, 0.29) is 25.2 Å². The van der Waals surface area contributed by atoms with Crippen molar-refractivity contribution in [1.29, 1.82) is 0 Å². The molecule has 0 heterocycles. The molecule has 7 heteroatoms. The summed E-state index contributed by atoms with van der Waals surface area (Å²) in [5, 5.41) is 0. The maximum absolute atomic E-state index is 12.0. The van der Waals surface area contributed by atoms with E-state index >= 15 is 0 Å². The summed E-state index contributed by atoms with van der Waals surface area (Å²) in [6, 6.07) is 18.6. The second-order valence-electron chi connectivity index (χ2n) is 6.15. The lowest BCUT2D eigenvalue weighted by Gasteiger charge is -2.09. The number of hydrogen-bond donors (Lipinski definition) is 1. The van der Waals surface area contributed by atoms with Crippen LogP contribution in [-0.4, -0.2) is 29.5 Å². The summed E-state index contributed by atoms with van der Waals surface area (Å²) in [6.45, 7) is 4.34. The van der Waals surface area contributed by atoms with Gasteiger partial charge in [0.1, 0.15) is 13.2 Å². The van der Waals surface area contributed by atoms with Crippen molar-refractivity contribution in [1.82, 2.24) is 0 Å². The standard InChI is InChI=1S/C21H24NO4S2/c1-16(20(23)25-12-17-8-4-2-5-9-17)14-27-28-15-19(22)21(24)26-13-18-10-6-3-7-11-18/h2-11,16,19H,1,12-15,22H2/q+1/p+1. The van der Waals surface area contributed by atoms with Gasteiger partial charge in [-0.1, -0.05) is 82.3 Å². The van der Waals surface area contributed by atoms with Gasteiger partial charge in [0.2, 0.25) is 5.92 Å². The third-order valence-electron chi connectivity index (χ3n) is 3.74. The van der Waals surface area contributed by atoms with Crippen molar-refractivity contribution in [3.63, 3.8) is 0 Å². The number of esters is 2. The van der Waals surface area contributed by atoms with E-state index in [0.29, 0.717) is 11.5 Å². The smallest absolute Gasteiger partial charge is 0.366 e. The minimum Gasteiger partial charge on any atom is -0.457 e. The van der Waals surface area contributed by atoms with Crippen molar-refractivity contribution >= 4 is 33.5 Å². The van der Waals surface area contributed by atoms with Crippen LogP contribution in [0, 0.1) is 12.8 Å². The van der Waals surface area contributed by atoms with Crippen molar-refractivity contribution in [2.45, 2.75) is 19.3 Å². The molecule has 0 saturated carbocycles. The highest BCUT2D eigenvalue weighted by molar-refractivity contribution is 8.76. The lowest BCUT2D eigenvalue weighted by molar-refractivity contribution is -0.401. The molecule has 0 saturated heterocycles. The summed E-state index contributed by atoms with van der Waals surface area (Å²) in [7, 11) is 2.95. The zero-order valence-corrected chi connectivity index (χ0v) is 17.3. The van der Waals surface area contributed by atoms with E-state index in [2.05, 4.69) is 12.7 Å². The number of carbonyl (C=O) groups is 2. The van der Waals surface area contributed by atoms with E-state index < -0.39 is 12.0 Å². The zero-order chi connectivity index (χ0) is 20.2. The fraction of sp³-hybridized carbons (Fsp3) is 0.286. The first kappa shape index (κ1) is 22.2. The van der Waals surface area contributed by atoms with E-state index in [4.69, 9.17) is 9.47 Å². The van der Waals surface area contributed by atoms with Crippen LogP contribution in [0.3, 0.4) is 0 Å². The predicted octanol–water partition coefficient (Wildman–Crippen LogP) is 2.92. The molecule has 3 N–H and O–H groups in total. The van der Waals surface area contributed by atoms with Crippen LogP contribution in [0.4, 0.5) is 0 Å². The molecule has 28 heavy (non-hydrogen) atoms. The van der Waals surface area contributed by atoms with Crippen LogP contribution in [0.5, 0.6) is 0 Å². The molecule has 0 spiro atoms. The molecule has 0 aliphatic heterocycles. The average Bonchev–Trinajstić information content (AvgIpc) is 2.74. The molecule has 2 aromatic rings. The van der Waals surface area contributed by atoms with Crippen LogP contribution >= 0.6 is 21.6 Å². The van der Waals surface area contributed by atoms with E-state index in [1.54, 1.807) is 0 Å². The highest BCUT2D eigenvalue weighted by atomic mass is 33.1. The minimum absolute atomic E-state index is 0.248. The molecule has 0 bridgehead atoms. The molecule has 148 valence electrons. The molecule has 2 rings (SSSR count). The third kappa shape index (κ3) is 8.29. The highest BCUT2D eigenvalue weighted by Crippen LogP contribution is 2.25. The Labute approximate surface area is 173 Å². The molecule has 2 atom stereocenters. The number of ether oxygens (including phenoxy) is 2. The fourth-order valence-corrected chi connectivity index (χ4v) is 4.45. The van der Waals surface area contributed by atoms with Gasteiger partial charge in [0.25, 0.3) is 0 Å². The van der Waals surface area contributed by atoms with Gasteiger partial charge >= 0.3 is 11.9 Å². The molecule has 0 fully saturated rings. The van der Waals surface area contributed by atoms with E-state index in [1.165, 1.54) is 21.6 Å². The van der Waals surface area contributed by atoms with Gasteiger partial charge in [-0.15, -0.1) is 0 Å². The first-order valence-corrected chi connectivity index (χ1v) is 11.4. The number of rotatable bonds is 11. The quantitative estimate of drug-likeness (QED) is 0.261. The Morgan fingerprint density at radius 1 is 0.821 bits per heavy atom. The first-order chi connectivity index (χ1) is 13.6. The largest absolute Gasteiger partial charge is 0.457 e. The van der Waals surface area contributed by atoms with E-state index in [9.17, 15) is 9.59 Å². The Morgan fingerprint density at radius 2 is 1.29 bits per heavy atom. The molecule has 2 unspecified atom stereocenters. The number of quaternary nitrogens is 1. The Kier molecular flexibility index (Phi) is 9.82. The summed E-state index contributed by atoms with van der Waals surface area (Å²) < 4.78 is 10.5. The maximum atomic E-state index is 12.0. The van der Waals surface area contributed by atoms with Gasteiger partial charge in [0.05, 0.1) is 18.4 Å². The van der Waals surface area contributed by atoms with E-state index in [1.807, 2.05) is 60.7 Å². The van der Waals surface area contributed by atoms with Gasteiger partial charge in [-0.25, -0.2) is 9.59 Å². The fourth-order valence-electron chi connectivity index (χ4n) is 2.09. The highest BCUT2D eigenvalue weighted by Gasteiger charge is 2.23. The summed E-state index contributed by atoms with van der Waals surface area (Å²) >= 11 is 0. The lowest BCUT2D eigenvalue weighted by Crippen LogP contribution is -2.66. The molecular weight excluding hydrogens is 394 g/mol. The summed E-state index contributed by atoms with van der Waals surface area (Å²) in [5.74, 6) is -0.112. The third-order valence-corrected chi connectivity index (χ3v) is 6.30. The lowest BCUT2D eigenvalue weighted by atomic mass is 10.2. The van der Waals surface area contributed by atoms with Gasteiger partial charge in [0.15, 0.2) is 6.04 Å².